The van der Waals surface area contributed by atoms with Crippen molar-refractivity contribution in [3.63, 3.8) is 0 Å². The first-order chi connectivity index (χ1) is 9.20. The fraction of sp³-hybridized carbons (Fsp3) is 0.625. The van der Waals surface area contributed by atoms with Crippen LogP contribution in [0, 0.1) is 5.92 Å². The number of hydrogen-bond donors (Lipinski definition) is 1. The molecule has 1 heterocycles. The summed E-state index contributed by atoms with van der Waals surface area (Å²) in [6.07, 6.45) is 0. The van der Waals surface area contributed by atoms with Crippen LogP contribution in [-0.2, 0) is 4.74 Å². The first-order valence-electron chi connectivity index (χ1n) is 7.22. The van der Waals surface area contributed by atoms with E-state index in [0.717, 1.165) is 26.2 Å². The molecule has 1 fully saturated rings. The van der Waals surface area contributed by atoms with E-state index in [9.17, 15) is 0 Å². The van der Waals surface area contributed by atoms with E-state index in [4.69, 9.17) is 4.74 Å². The van der Waals surface area contributed by atoms with Gasteiger partial charge in [-0.3, -0.25) is 4.90 Å². The molecule has 0 spiro atoms. The zero-order valence-electron chi connectivity index (χ0n) is 12.3. The summed E-state index contributed by atoms with van der Waals surface area (Å²) in [6, 6.07) is 11.8. The molecule has 106 valence electrons. The molecule has 0 aromatic heterocycles. The van der Waals surface area contributed by atoms with Gasteiger partial charge in [0.1, 0.15) is 0 Å². The van der Waals surface area contributed by atoms with Crippen molar-refractivity contribution in [2.45, 2.75) is 25.9 Å². The Morgan fingerprint density at radius 3 is 2.79 bits per heavy atom. The van der Waals surface area contributed by atoms with Crippen LogP contribution in [0.15, 0.2) is 30.3 Å². The Labute approximate surface area is 116 Å². The molecular weight excluding hydrogens is 236 g/mol. The average molecular weight is 262 g/mol. The van der Waals surface area contributed by atoms with Gasteiger partial charge >= 0.3 is 0 Å². The molecule has 0 radical (unpaired) electrons. The lowest BCUT2D eigenvalue weighted by Gasteiger charge is -2.40. The normalized spacial score (nSPS) is 26.3. The first-order valence-corrected chi connectivity index (χ1v) is 7.22. The summed E-state index contributed by atoms with van der Waals surface area (Å²) in [6.45, 7) is 8.65. The van der Waals surface area contributed by atoms with E-state index in [1.165, 1.54) is 5.56 Å². The van der Waals surface area contributed by atoms with Crippen LogP contribution in [0.1, 0.15) is 25.5 Å². The highest BCUT2D eigenvalue weighted by Gasteiger charge is 2.26. The molecule has 2 rings (SSSR count). The molecule has 0 bridgehead atoms. The van der Waals surface area contributed by atoms with Gasteiger partial charge in [-0.05, 0) is 18.4 Å². The predicted octanol–water partition coefficient (Wildman–Crippen LogP) is 2.30. The molecule has 3 heteroatoms. The van der Waals surface area contributed by atoms with Gasteiger partial charge in [-0.1, -0.05) is 37.3 Å². The highest BCUT2D eigenvalue weighted by molar-refractivity contribution is 5.20. The largest absolute Gasteiger partial charge is 0.384 e. The molecule has 1 saturated heterocycles. The molecule has 3 unspecified atom stereocenters. The van der Waals surface area contributed by atoms with E-state index >= 15 is 0 Å². The molecule has 1 aliphatic heterocycles. The van der Waals surface area contributed by atoms with Crippen molar-refractivity contribution >= 4 is 0 Å². The Morgan fingerprint density at radius 2 is 2.11 bits per heavy atom. The van der Waals surface area contributed by atoms with Gasteiger partial charge in [0.25, 0.3) is 0 Å². The Balaban J connectivity index is 1.96. The summed E-state index contributed by atoms with van der Waals surface area (Å²) in [4.78, 5) is 2.58. The van der Waals surface area contributed by atoms with Crippen molar-refractivity contribution in [3.8, 4) is 0 Å². The Morgan fingerprint density at radius 1 is 1.37 bits per heavy atom. The first kappa shape index (κ1) is 14.5. The van der Waals surface area contributed by atoms with Crippen molar-refractivity contribution in [2.24, 2.45) is 5.92 Å². The maximum atomic E-state index is 5.25. The lowest BCUT2D eigenvalue weighted by atomic mass is 10.0. The Bertz CT molecular complexity index is 368. The maximum absolute atomic E-state index is 5.25. The molecule has 0 amide bonds. The monoisotopic (exact) mass is 262 g/mol. The standard InChI is InChI=1S/C16H26N2O/c1-13(12-19-3)10-18-11-16(17-9-14(18)2)15-7-5-4-6-8-15/h4-8,13-14,16-17H,9-12H2,1-3H3. The number of ether oxygens (including phenoxy) is 1. The zero-order chi connectivity index (χ0) is 13.7. The minimum Gasteiger partial charge on any atom is -0.384 e. The van der Waals surface area contributed by atoms with Crippen LogP contribution in [0.4, 0.5) is 0 Å². The summed E-state index contributed by atoms with van der Waals surface area (Å²) in [7, 11) is 1.78. The summed E-state index contributed by atoms with van der Waals surface area (Å²) < 4.78 is 5.25. The third-order valence-electron chi connectivity index (χ3n) is 3.90. The second-order valence-electron chi connectivity index (χ2n) is 5.73. The van der Waals surface area contributed by atoms with Crippen molar-refractivity contribution < 1.29 is 4.74 Å². The lowest BCUT2D eigenvalue weighted by Crippen LogP contribution is -2.52. The van der Waals surface area contributed by atoms with E-state index in [2.05, 4.69) is 54.4 Å². The highest BCUT2D eigenvalue weighted by Crippen LogP contribution is 2.20. The highest BCUT2D eigenvalue weighted by atomic mass is 16.5. The fourth-order valence-electron chi connectivity index (χ4n) is 2.82. The summed E-state index contributed by atoms with van der Waals surface area (Å²) >= 11 is 0. The lowest BCUT2D eigenvalue weighted by molar-refractivity contribution is 0.0873. The molecule has 1 N–H and O–H groups in total. The second-order valence-corrected chi connectivity index (χ2v) is 5.73. The SMILES string of the molecule is COCC(C)CN1CC(c2ccccc2)NCC1C. The third-order valence-corrected chi connectivity index (χ3v) is 3.90. The van der Waals surface area contributed by atoms with Crippen LogP contribution in [0.25, 0.3) is 0 Å². The summed E-state index contributed by atoms with van der Waals surface area (Å²) in [5, 5.41) is 3.65. The number of piperazine rings is 1. The molecule has 1 aliphatic rings. The van der Waals surface area contributed by atoms with Crippen LogP contribution < -0.4 is 5.32 Å². The minimum absolute atomic E-state index is 0.451. The maximum Gasteiger partial charge on any atom is 0.0500 e. The molecule has 19 heavy (non-hydrogen) atoms. The van der Waals surface area contributed by atoms with Gasteiger partial charge in [0, 0.05) is 45.4 Å². The topological polar surface area (TPSA) is 24.5 Å². The summed E-state index contributed by atoms with van der Waals surface area (Å²) in [5.41, 5.74) is 1.39. The van der Waals surface area contributed by atoms with Crippen molar-refractivity contribution in [3.05, 3.63) is 35.9 Å². The molecule has 3 atom stereocenters. The molecule has 3 nitrogen and oxygen atoms in total. The predicted molar refractivity (Wildman–Crippen MR) is 79.3 cm³/mol. The van der Waals surface area contributed by atoms with Crippen molar-refractivity contribution in [1.82, 2.24) is 10.2 Å². The molecule has 0 aliphatic carbocycles. The number of rotatable bonds is 5. The van der Waals surface area contributed by atoms with Gasteiger partial charge in [-0.15, -0.1) is 0 Å². The van der Waals surface area contributed by atoms with Gasteiger partial charge in [0.15, 0.2) is 0 Å². The fourth-order valence-corrected chi connectivity index (χ4v) is 2.82. The van der Waals surface area contributed by atoms with E-state index in [1.807, 2.05) is 0 Å². The number of methoxy groups -OCH3 is 1. The van der Waals surface area contributed by atoms with Crippen LogP contribution in [0.2, 0.25) is 0 Å². The average Bonchev–Trinajstić information content (AvgIpc) is 2.42. The van der Waals surface area contributed by atoms with Crippen LogP contribution in [0.3, 0.4) is 0 Å². The van der Waals surface area contributed by atoms with Gasteiger partial charge < -0.3 is 10.1 Å². The van der Waals surface area contributed by atoms with Crippen molar-refractivity contribution in [2.75, 3.05) is 33.4 Å². The van der Waals surface area contributed by atoms with Crippen LogP contribution in [0.5, 0.6) is 0 Å². The van der Waals surface area contributed by atoms with Crippen LogP contribution in [-0.4, -0.2) is 44.3 Å². The van der Waals surface area contributed by atoms with Gasteiger partial charge in [0.2, 0.25) is 0 Å². The Hall–Kier alpha value is -0.900. The smallest absolute Gasteiger partial charge is 0.0500 e. The summed E-state index contributed by atoms with van der Waals surface area (Å²) in [5.74, 6) is 0.585. The quantitative estimate of drug-likeness (QED) is 0.881. The van der Waals surface area contributed by atoms with Gasteiger partial charge in [-0.25, -0.2) is 0 Å². The molecule has 1 aromatic carbocycles. The molecule has 0 saturated carbocycles. The molecule has 1 aromatic rings. The van der Waals surface area contributed by atoms with Crippen LogP contribution >= 0.6 is 0 Å². The van der Waals surface area contributed by atoms with E-state index in [0.29, 0.717) is 18.0 Å². The van der Waals surface area contributed by atoms with E-state index < -0.39 is 0 Å². The third kappa shape index (κ3) is 4.03. The van der Waals surface area contributed by atoms with Crippen molar-refractivity contribution in [1.29, 1.82) is 0 Å². The van der Waals surface area contributed by atoms with E-state index in [-0.39, 0.29) is 0 Å². The number of nitrogens with one attached hydrogen (secondary N) is 1. The molecular formula is C16H26N2O. The number of benzene rings is 1. The van der Waals surface area contributed by atoms with E-state index in [1.54, 1.807) is 7.11 Å². The van der Waals surface area contributed by atoms with Gasteiger partial charge in [-0.2, -0.15) is 0 Å². The number of hydrogen-bond acceptors (Lipinski definition) is 3. The second kappa shape index (κ2) is 7.04. The Kier molecular flexibility index (Phi) is 5.37. The number of nitrogens with zero attached hydrogens (tertiary/aromatic N) is 1. The minimum atomic E-state index is 0.451. The van der Waals surface area contributed by atoms with Gasteiger partial charge in [0.05, 0.1) is 0 Å². The zero-order valence-corrected chi connectivity index (χ0v) is 12.3.